The highest BCUT2D eigenvalue weighted by molar-refractivity contribution is 5.95. The average Bonchev–Trinajstić information content (AvgIpc) is 3.93. The minimum absolute atomic E-state index is 0.283. The van der Waals surface area contributed by atoms with Gasteiger partial charge in [-0.2, -0.15) is 5.26 Å². The van der Waals surface area contributed by atoms with Gasteiger partial charge in [-0.1, -0.05) is 153 Å². The summed E-state index contributed by atoms with van der Waals surface area (Å²) in [5.74, 6) is 3.58. The van der Waals surface area contributed by atoms with Gasteiger partial charge in [0, 0.05) is 16.7 Å². The van der Waals surface area contributed by atoms with Crippen LogP contribution in [-0.2, 0) is 10.8 Å². The zero-order valence-electron chi connectivity index (χ0n) is 33.6. The lowest BCUT2D eigenvalue weighted by Gasteiger charge is -2.38. The summed E-state index contributed by atoms with van der Waals surface area (Å²) in [6.45, 7) is 2.49. The van der Waals surface area contributed by atoms with Gasteiger partial charge < -0.3 is 0 Å². The van der Waals surface area contributed by atoms with E-state index in [2.05, 4.69) is 153 Å². The second-order valence-electron chi connectivity index (χ2n) is 17.8. The van der Waals surface area contributed by atoms with Gasteiger partial charge in [-0.3, -0.25) is 0 Å². The smallest absolute Gasteiger partial charge is 0.164 e. The summed E-state index contributed by atoms with van der Waals surface area (Å²) >= 11 is 0. The number of aromatic nitrogens is 3. The summed E-state index contributed by atoms with van der Waals surface area (Å²) in [6.07, 6.45) is 6.89. The molecule has 8 aromatic rings. The van der Waals surface area contributed by atoms with Gasteiger partial charge >= 0.3 is 0 Å². The molecule has 1 heterocycles. The molecule has 4 aliphatic rings. The molecule has 4 aliphatic carbocycles. The fourth-order valence-electron chi connectivity index (χ4n) is 11.7. The maximum Gasteiger partial charge on any atom is 0.164 e. The predicted octanol–water partition coefficient (Wildman–Crippen LogP) is 13.2. The number of benzene rings is 7. The summed E-state index contributed by atoms with van der Waals surface area (Å²) in [5.41, 5.74) is 17.1. The van der Waals surface area contributed by atoms with E-state index in [1.165, 1.54) is 93.3 Å². The minimum Gasteiger partial charge on any atom is -0.208 e. The molecule has 0 N–H and O–H groups in total. The van der Waals surface area contributed by atoms with Crippen molar-refractivity contribution in [2.24, 2.45) is 11.8 Å². The van der Waals surface area contributed by atoms with E-state index in [9.17, 15) is 5.26 Å². The zero-order valence-corrected chi connectivity index (χ0v) is 33.6. The Labute approximate surface area is 351 Å². The Morgan fingerprint density at radius 2 is 0.883 bits per heavy atom. The molecule has 2 saturated carbocycles. The van der Waals surface area contributed by atoms with E-state index in [0.29, 0.717) is 23.0 Å². The first kappa shape index (κ1) is 35.0. The van der Waals surface area contributed by atoms with Crippen LogP contribution in [0.2, 0.25) is 0 Å². The maximum absolute atomic E-state index is 9.56. The number of hydrogen-bond donors (Lipinski definition) is 0. The van der Waals surface area contributed by atoms with Gasteiger partial charge in [-0.25, -0.2) is 15.0 Å². The van der Waals surface area contributed by atoms with Crippen molar-refractivity contribution in [3.63, 3.8) is 0 Å². The highest BCUT2D eigenvalue weighted by Gasteiger charge is 2.51. The number of hydrogen-bond acceptors (Lipinski definition) is 4. The molecule has 4 nitrogen and oxygen atoms in total. The first-order chi connectivity index (χ1) is 29.5. The largest absolute Gasteiger partial charge is 0.208 e. The lowest BCUT2D eigenvalue weighted by molar-refractivity contribution is 0.232. The summed E-state index contributed by atoms with van der Waals surface area (Å²) in [6, 6.07) is 61.1. The fourth-order valence-corrected chi connectivity index (χ4v) is 11.7. The van der Waals surface area contributed by atoms with Crippen LogP contribution in [-0.4, -0.2) is 15.0 Å². The molecular formula is C56H42N4. The Morgan fingerprint density at radius 1 is 0.467 bits per heavy atom. The Kier molecular flexibility index (Phi) is 7.75. The molecule has 12 rings (SSSR count). The Morgan fingerprint density at radius 3 is 1.40 bits per heavy atom. The molecule has 1 unspecified atom stereocenters. The van der Waals surface area contributed by atoms with E-state index < -0.39 is 5.41 Å². The monoisotopic (exact) mass is 770 g/mol. The number of rotatable bonds is 5. The molecule has 60 heavy (non-hydrogen) atoms. The lowest BCUT2D eigenvalue weighted by atomic mass is 9.66. The van der Waals surface area contributed by atoms with E-state index in [4.69, 9.17) is 15.0 Å². The van der Waals surface area contributed by atoms with Crippen molar-refractivity contribution < 1.29 is 0 Å². The van der Waals surface area contributed by atoms with E-state index in [1.807, 2.05) is 24.3 Å². The van der Waals surface area contributed by atoms with Crippen molar-refractivity contribution in [3.05, 3.63) is 197 Å². The average molecular weight is 771 g/mol. The van der Waals surface area contributed by atoms with Crippen LogP contribution < -0.4 is 0 Å². The third kappa shape index (κ3) is 5.25. The van der Waals surface area contributed by atoms with E-state index in [1.54, 1.807) is 0 Å². The maximum atomic E-state index is 9.56. The van der Waals surface area contributed by atoms with Gasteiger partial charge in [-0.05, 0) is 128 Å². The van der Waals surface area contributed by atoms with E-state index >= 15 is 0 Å². The van der Waals surface area contributed by atoms with Crippen LogP contribution in [0.5, 0.6) is 0 Å². The molecule has 4 heteroatoms. The summed E-state index contributed by atoms with van der Waals surface area (Å²) in [5, 5.41) is 9.56. The SMILES string of the molecule is CC1(c2ccc(-c3ccc(-c4nc(-c5ccc(C#N)cc5)nc(-c5ccc6c(c5)C5(c7ccccc7-c7ccccc75)c5ccccc5-6)n4)cc3)cc2)C[C@@H]2CC[C@@H](C2)C1. The van der Waals surface area contributed by atoms with Crippen molar-refractivity contribution in [1.82, 2.24) is 15.0 Å². The lowest BCUT2D eigenvalue weighted by Crippen LogP contribution is -2.30. The van der Waals surface area contributed by atoms with Crippen LogP contribution in [0, 0.1) is 23.2 Å². The summed E-state index contributed by atoms with van der Waals surface area (Å²) in [4.78, 5) is 15.5. The fraction of sp³-hybridized carbons (Fsp3) is 0.179. The molecule has 0 saturated heterocycles. The second kappa shape index (κ2) is 13.3. The van der Waals surface area contributed by atoms with E-state index in [0.717, 1.165) is 28.5 Å². The molecule has 1 spiro atoms. The molecule has 2 fully saturated rings. The van der Waals surface area contributed by atoms with Gasteiger partial charge in [0.1, 0.15) is 0 Å². The van der Waals surface area contributed by atoms with Crippen molar-refractivity contribution in [3.8, 4) is 73.6 Å². The van der Waals surface area contributed by atoms with Gasteiger partial charge in [0.25, 0.3) is 0 Å². The first-order valence-electron chi connectivity index (χ1n) is 21.4. The molecule has 0 radical (unpaired) electrons. The van der Waals surface area contributed by atoms with Crippen LogP contribution in [0.1, 0.15) is 72.4 Å². The molecule has 2 bridgehead atoms. The third-order valence-corrected chi connectivity index (χ3v) is 14.3. The highest BCUT2D eigenvalue weighted by atomic mass is 15.0. The molecule has 286 valence electrons. The summed E-state index contributed by atoms with van der Waals surface area (Å²) in [7, 11) is 0. The van der Waals surface area contributed by atoms with Crippen molar-refractivity contribution in [2.75, 3.05) is 0 Å². The molecule has 3 atom stereocenters. The molecular weight excluding hydrogens is 729 g/mol. The predicted molar refractivity (Wildman–Crippen MR) is 240 cm³/mol. The number of fused-ring (bicyclic) bond motifs is 12. The van der Waals surface area contributed by atoms with Gasteiger partial charge in [0.05, 0.1) is 17.0 Å². The van der Waals surface area contributed by atoms with Gasteiger partial charge in [-0.15, -0.1) is 0 Å². The standard InChI is InChI=1S/C56H42N4/c1-55(32-36-14-15-37(30-36)33-55)43-27-24-39(25-28-43)38-20-22-41(23-21-38)53-58-52(40-18-16-35(34-57)17-19-40)59-54(60-53)42-26-29-47-46-10-4-7-13-50(46)56(51(47)31-42)48-11-5-2-8-44(48)45-9-3-6-12-49(45)56/h2-13,16-29,31,36-37H,14-15,30,32-33H2,1H3/t36-,37+,55?. The van der Waals surface area contributed by atoms with Gasteiger partial charge in [0.2, 0.25) is 0 Å². The Balaban J connectivity index is 0.961. The molecule has 0 aliphatic heterocycles. The van der Waals surface area contributed by atoms with Crippen LogP contribution in [0.15, 0.2) is 164 Å². The zero-order chi connectivity index (χ0) is 40.0. The summed E-state index contributed by atoms with van der Waals surface area (Å²) < 4.78 is 0. The highest BCUT2D eigenvalue weighted by Crippen LogP contribution is 2.63. The number of nitriles is 1. The van der Waals surface area contributed by atoms with Crippen LogP contribution in [0.25, 0.3) is 67.5 Å². The Bertz CT molecular complexity index is 2970. The van der Waals surface area contributed by atoms with Gasteiger partial charge in [0.15, 0.2) is 17.5 Å². The topological polar surface area (TPSA) is 62.5 Å². The Hall–Kier alpha value is -6.96. The molecule has 7 aromatic carbocycles. The van der Waals surface area contributed by atoms with Crippen molar-refractivity contribution >= 4 is 0 Å². The van der Waals surface area contributed by atoms with Crippen molar-refractivity contribution in [2.45, 2.75) is 49.9 Å². The van der Waals surface area contributed by atoms with Crippen molar-refractivity contribution in [1.29, 1.82) is 5.26 Å². The number of nitrogens with zero attached hydrogens (tertiary/aromatic N) is 4. The normalized spacial score (nSPS) is 19.9. The minimum atomic E-state index is -0.470. The second-order valence-corrected chi connectivity index (χ2v) is 17.8. The first-order valence-corrected chi connectivity index (χ1v) is 21.4. The van der Waals surface area contributed by atoms with E-state index in [-0.39, 0.29) is 5.41 Å². The molecule has 1 aromatic heterocycles. The van der Waals surface area contributed by atoms with Crippen LogP contribution in [0.3, 0.4) is 0 Å². The van der Waals surface area contributed by atoms with Crippen LogP contribution in [0.4, 0.5) is 0 Å². The van der Waals surface area contributed by atoms with Crippen LogP contribution >= 0.6 is 0 Å². The third-order valence-electron chi connectivity index (χ3n) is 14.3. The molecule has 0 amide bonds. The quantitative estimate of drug-likeness (QED) is 0.175.